The molecule has 3 rings (SSSR count). The smallest absolute Gasteiger partial charge is 0.410 e. The zero-order chi connectivity index (χ0) is 21.1. The number of aryl methyl sites for hydroxylation is 1. The Morgan fingerprint density at radius 1 is 1.10 bits per heavy atom. The lowest BCUT2D eigenvalue weighted by Gasteiger charge is -2.45. The summed E-state index contributed by atoms with van der Waals surface area (Å²) in [6.45, 7) is 11.3. The highest BCUT2D eigenvalue weighted by Crippen LogP contribution is 2.37. The van der Waals surface area contributed by atoms with Crippen LogP contribution >= 0.6 is 0 Å². The largest absolute Gasteiger partial charge is 0.444 e. The normalized spacial score (nSPS) is 26.4. The molecular formula is C24H38N2O3. The average Bonchev–Trinajstić information content (AvgIpc) is 2.69. The Hall–Kier alpha value is -1.59. The molecule has 0 atom stereocenters. The molecule has 0 spiro atoms. The van der Waals surface area contributed by atoms with Crippen molar-refractivity contribution in [3.8, 4) is 0 Å². The molecule has 1 aliphatic carbocycles. The van der Waals surface area contributed by atoms with E-state index in [1.165, 1.54) is 11.1 Å². The van der Waals surface area contributed by atoms with E-state index in [0.29, 0.717) is 6.04 Å². The van der Waals surface area contributed by atoms with Crippen molar-refractivity contribution >= 4 is 6.09 Å². The van der Waals surface area contributed by atoms with Gasteiger partial charge in [0.1, 0.15) is 5.60 Å². The van der Waals surface area contributed by atoms with Crippen LogP contribution in [-0.4, -0.2) is 66.4 Å². The van der Waals surface area contributed by atoms with E-state index in [0.717, 1.165) is 58.3 Å². The molecule has 1 aromatic carbocycles. The van der Waals surface area contributed by atoms with Gasteiger partial charge in [0.15, 0.2) is 0 Å². The molecule has 1 saturated carbocycles. The molecule has 1 aromatic rings. The number of amides is 1. The molecule has 1 saturated heterocycles. The maximum absolute atomic E-state index is 12.3. The summed E-state index contributed by atoms with van der Waals surface area (Å²) in [5.41, 5.74) is 2.28. The molecule has 0 radical (unpaired) electrons. The van der Waals surface area contributed by atoms with Crippen molar-refractivity contribution in [1.82, 2.24) is 9.80 Å². The third kappa shape index (κ3) is 5.73. The molecule has 0 N–H and O–H groups in total. The van der Waals surface area contributed by atoms with Gasteiger partial charge in [-0.1, -0.05) is 24.3 Å². The number of piperazine rings is 1. The first kappa shape index (κ1) is 22.1. The second-order valence-electron chi connectivity index (χ2n) is 9.72. The molecule has 1 aliphatic heterocycles. The van der Waals surface area contributed by atoms with Crippen LogP contribution in [0.3, 0.4) is 0 Å². The summed E-state index contributed by atoms with van der Waals surface area (Å²) in [4.78, 5) is 16.7. The molecule has 0 bridgehead atoms. The fraction of sp³-hybridized carbons (Fsp3) is 0.708. The lowest BCUT2D eigenvalue weighted by atomic mass is 9.77. The van der Waals surface area contributed by atoms with Gasteiger partial charge in [0, 0.05) is 45.8 Å². The Kier molecular flexibility index (Phi) is 6.90. The fourth-order valence-corrected chi connectivity index (χ4v) is 4.70. The predicted octanol–water partition coefficient (Wildman–Crippen LogP) is 4.42. The molecule has 1 heterocycles. The molecule has 0 unspecified atom stereocenters. The van der Waals surface area contributed by atoms with Crippen LogP contribution in [0.1, 0.15) is 57.6 Å². The Morgan fingerprint density at radius 3 is 2.28 bits per heavy atom. The van der Waals surface area contributed by atoms with Gasteiger partial charge in [-0.25, -0.2) is 4.79 Å². The number of benzene rings is 1. The van der Waals surface area contributed by atoms with E-state index in [1.807, 2.05) is 32.8 Å². The van der Waals surface area contributed by atoms with Crippen LogP contribution in [0.15, 0.2) is 24.3 Å². The third-order valence-corrected chi connectivity index (χ3v) is 6.56. The van der Waals surface area contributed by atoms with Gasteiger partial charge in [0.25, 0.3) is 0 Å². The Morgan fingerprint density at radius 2 is 1.72 bits per heavy atom. The highest BCUT2D eigenvalue weighted by atomic mass is 16.6. The van der Waals surface area contributed by atoms with Crippen molar-refractivity contribution in [2.75, 3.05) is 33.3 Å². The Labute approximate surface area is 176 Å². The van der Waals surface area contributed by atoms with Crippen molar-refractivity contribution in [3.63, 3.8) is 0 Å². The van der Waals surface area contributed by atoms with Crippen molar-refractivity contribution < 1.29 is 14.3 Å². The molecule has 2 fully saturated rings. The van der Waals surface area contributed by atoms with E-state index in [-0.39, 0.29) is 11.7 Å². The minimum absolute atomic E-state index is 0.0407. The lowest BCUT2D eigenvalue weighted by Crippen LogP contribution is -2.54. The number of hydrogen-bond acceptors (Lipinski definition) is 4. The summed E-state index contributed by atoms with van der Waals surface area (Å²) in [6.07, 6.45) is 5.31. The zero-order valence-electron chi connectivity index (χ0n) is 18.9. The summed E-state index contributed by atoms with van der Waals surface area (Å²) in [7, 11) is 1.87. The van der Waals surface area contributed by atoms with E-state index in [4.69, 9.17) is 9.47 Å². The first-order valence-corrected chi connectivity index (χ1v) is 11.0. The first-order chi connectivity index (χ1) is 13.7. The standard InChI is InChI=1S/C24H38N2O3/c1-19-8-6-7-9-20(19)18-24(28-5)12-10-21(11-13-24)25-14-16-26(17-15-25)22(27)29-23(2,3)4/h6-9,21H,10-18H2,1-5H3. The first-order valence-electron chi connectivity index (χ1n) is 11.0. The van der Waals surface area contributed by atoms with Gasteiger partial charge in [-0.3, -0.25) is 4.90 Å². The molecule has 1 amide bonds. The van der Waals surface area contributed by atoms with E-state index >= 15 is 0 Å². The summed E-state index contributed by atoms with van der Waals surface area (Å²) >= 11 is 0. The van der Waals surface area contributed by atoms with Crippen LogP contribution < -0.4 is 0 Å². The number of ether oxygens (including phenoxy) is 2. The summed E-state index contributed by atoms with van der Waals surface area (Å²) < 4.78 is 11.6. The van der Waals surface area contributed by atoms with Crippen LogP contribution in [0.4, 0.5) is 4.79 Å². The maximum Gasteiger partial charge on any atom is 0.410 e. The number of carbonyl (C=O) groups excluding carboxylic acids is 1. The SMILES string of the molecule is COC1(Cc2ccccc2C)CCC(N2CCN(C(=O)OC(C)(C)C)CC2)CC1. The molecule has 162 valence electrons. The third-order valence-electron chi connectivity index (χ3n) is 6.56. The van der Waals surface area contributed by atoms with E-state index < -0.39 is 5.60 Å². The second kappa shape index (κ2) is 9.05. The Balaban J connectivity index is 1.50. The average molecular weight is 403 g/mol. The van der Waals surface area contributed by atoms with Gasteiger partial charge in [-0.15, -0.1) is 0 Å². The lowest BCUT2D eigenvalue weighted by molar-refractivity contribution is -0.0594. The monoisotopic (exact) mass is 402 g/mol. The van der Waals surface area contributed by atoms with Gasteiger partial charge in [-0.2, -0.15) is 0 Å². The number of nitrogens with zero attached hydrogens (tertiary/aromatic N) is 2. The molecule has 2 aliphatic rings. The maximum atomic E-state index is 12.3. The minimum Gasteiger partial charge on any atom is -0.444 e. The molecule has 29 heavy (non-hydrogen) atoms. The zero-order valence-corrected chi connectivity index (χ0v) is 18.9. The van der Waals surface area contributed by atoms with Gasteiger partial charge in [0.2, 0.25) is 0 Å². The van der Waals surface area contributed by atoms with Gasteiger partial charge in [0.05, 0.1) is 5.60 Å². The van der Waals surface area contributed by atoms with Crippen LogP contribution in [0.2, 0.25) is 0 Å². The minimum atomic E-state index is -0.432. The number of rotatable bonds is 4. The van der Waals surface area contributed by atoms with E-state index in [1.54, 1.807) is 0 Å². The highest BCUT2D eigenvalue weighted by molar-refractivity contribution is 5.68. The summed E-state index contributed by atoms with van der Waals surface area (Å²) in [6, 6.07) is 9.25. The quantitative estimate of drug-likeness (QED) is 0.748. The van der Waals surface area contributed by atoms with Gasteiger partial charge < -0.3 is 14.4 Å². The molecule has 0 aromatic heterocycles. The number of hydrogen-bond donors (Lipinski definition) is 0. The van der Waals surface area contributed by atoms with Crippen molar-refractivity contribution in [3.05, 3.63) is 35.4 Å². The van der Waals surface area contributed by atoms with Crippen LogP contribution in [0.5, 0.6) is 0 Å². The topological polar surface area (TPSA) is 42.0 Å². The number of methoxy groups -OCH3 is 1. The van der Waals surface area contributed by atoms with Gasteiger partial charge >= 0.3 is 6.09 Å². The van der Waals surface area contributed by atoms with Crippen LogP contribution in [0.25, 0.3) is 0 Å². The van der Waals surface area contributed by atoms with Gasteiger partial charge in [-0.05, 0) is 64.5 Å². The van der Waals surface area contributed by atoms with Crippen molar-refractivity contribution in [1.29, 1.82) is 0 Å². The molecular weight excluding hydrogens is 364 g/mol. The Bertz CT molecular complexity index is 682. The highest BCUT2D eigenvalue weighted by Gasteiger charge is 2.38. The predicted molar refractivity (Wildman–Crippen MR) is 116 cm³/mol. The van der Waals surface area contributed by atoms with Crippen molar-refractivity contribution in [2.45, 2.75) is 77.0 Å². The summed E-state index contributed by atoms with van der Waals surface area (Å²) in [5, 5.41) is 0. The fourth-order valence-electron chi connectivity index (χ4n) is 4.70. The molecule has 5 nitrogen and oxygen atoms in total. The molecule has 5 heteroatoms. The van der Waals surface area contributed by atoms with Crippen LogP contribution in [-0.2, 0) is 15.9 Å². The number of carbonyl (C=O) groups is 1. The van der Waals surface area contributed by atoms with Crippen LogP contribution in [0, 0.1) is 6.92 Å². The summed E-state index contributed by atoms with van der Waals surface area (Å²) in [5.74, 6) is 0. The van der Waals surface area contributed by atoms with E-state index in [9.17, 15) is 4.79 Å². The second-order valence-corrected chi connectivity index (χ2v) is 9.72. The van der Waals surface area contributed by atoms with Crippen molar-refractivity contribution in [2.24, 2.45) is 0 Å². The van der Waals surface area contributed by atoms with E-state index in [2.05, 4.69) is 36.1 Å².